The number of aromatic nitrogens is 3. The molecule has 0 unspecified atom stereocenters. The third-order valence-corrected chi connectivity index (χ3v) is 5.28. The molecule has 1 amide bonds. The van der Waals surface area contributed by atoms with Crippen LogP contribution in [-0.2, 0) is 9.53 Å². The SMILES string of the molecule is Cc1ccc(Nc2nccc([C@H]3CCCN3C(=O)C3CCOCC3)n2)nc1. The van der Waals surface area contributed by atoms with Crippen molar-refractivity contribution in [1.82, 2.24) is 19.9 Å². The number of nitrogens with zero attached hydrogens (tertiary/aromatic N) is 4. The zero-order valence-electron chi connectivity index (χ0n) is 15.6. The minimum atomic E-state index is 0.0230. The number of pyridine rings is 1. The fraction of sp³-hybridized carbons (Fsp3) is 0.500. The highest BCUT2D eigenvalue weighted by molar-refractivity contribution is 5.79. The van der Waals surface area contributed by atoms with Crippen molar-refractivity contribution < 1.29 is 9.53 Å². The molecule has 2 aliphatic heterocycles. The zero-order valence-corrected chi connectivity index (χ0v) is 15.6. The van der Waals surface area contributed by atoms with Gasteiger partial charge in [0.25, 0.3) is 0 Å². The number of ether oxygens (including phenoxy) is 1. The van der Waals surface area contributed by atoms with Crippen LogP contribution in [0.1, 0.15) is 43.0 Å². The van der Waals surface area contributed by atoms with Gasteiger partial charge in [-0.2, -0.15) is 0 Å². The van der Waals surface area contributed by atoms with E-state index >= 15 is 0 Å². The Kier molecular flexibility index (Phi) is 5.29. The first kappa shape index (κ1) is 17.9. The maximum absolute atomic E-state index is 13.0. The van der Waals surface area contributed by atoms with Crippen LogP contribution >= 0.6 is 0 Å². The van der Waals surface area contributed by atoms with E-state index in [0.29, 0.717) is 25.0 Å². The largest absolute Gasteiger partial charge is 0.381 e. The number of carbonyl (C=O) groups is 1. The van der Waals surface area contributed by atoms with E-state index in [2.05, 4.69) is 20.3 Å². The number of carbonyl (C=O) groups excluding carboxylic acids is 1. The summed E-state index contributed by atoms with van der Waals surface area (Å²) in [6.45, 7) is 4.16. The Balaban J connectivity index is 1.50. The highest BCUT2D eigenvalue weighted by atomic mass is 16.5. The number of anilines is 2. The Morgan fingerprint density at radius 2 is 2.04 bits per heavy atom. The van der Waals surface area contributed by atoms with E-state index in [1.165, 1.54) is 0 Å². The van der Waals surface area contributed by atoms with Gasteiger partial charge in [0.1, 0.15) is 5.82 Å². The van der Waals surface area contributed by atoms with Crippen molar-refractivity contribution in [2.45, 2.75) is 38.6 Å². The van der Waals surface area contributed by atoms with Crippen molar-refractivity contribution in [3.8, 4) is 0 Å². The van der Waals surface area contributed by atoms with Crippen molar-refractivity contribution in [2.75, 3.05) is 25.1 Å². The molecule has 0 spiro atoms. The Bertz CT molecular complexity index is 789. The van der Waals surface area contributed by atoms with Crippen molar-refractivity contribution in [3.63, 3.8) is 0 Å². The van der Waals surface area contributed by atoms with Gasteiger partial charge in [-0.15, -0.1) is 0 Å². The van der Waals surface area contributed by atoms with Gasteiger partial charge in [0, 0.05) is 38.1 Å². The van der Waals surface area contributed by atoms with E-state index in [0.717, 1.165) is 43.5 Å². The van der Waals surface area contributed by atoms with Crippen molar-refractivity contribution in [2.24, 2.45) is 5.92 Å². The Morgan fingerprint density at radius 3 is 2.81 bits per heavy atom. The van der Waals surface area contributed by atoms with Gasteiger partial charge in [-0.25, -0.2) is 15.0 Å². The molecule has 0 radical (unpaired) electrons. The van der Waals surface area contributed by atoms with E-state index in [4.69, 9.17) is 4.74 Å². The summed E-state index contributed by atoms with van der Waals surface area (Å²) in [6, 6.07) is 5.83. The zero-order chi connectivity index (χ0) is 18.6. The molecule has 1 atom stereocenters. The molecule has 2 aliphatic rings. The molecule has 4 heterocycles. The van der Waals surface area contributed by atoms with Gasteiger partial charge < -0.3 is 15.0 Å². The summed E-state index contributed by atoms with van der Waals surface area (Å²) in [7, 11) is 0. The standard InChI is InChI=1S/C20H25N5O2/c1-14-4-5-18(22-13-14)24-20-21-9-6-16(23-20)17-3-2-10-25(17)19(26)15-7-11-27-12-8-15/h4-6,9,13,15,17H,2-3,7-8,10-12H2,1H3,(H,21,22,23,24)/t17-/m1/s1. The molecule has 2 fully saturated rings. The number of hydrogen-bond donors (Lipinski definition) is 1. The first-order valence-electron chi connectivity index (χ1n) is 9.61. The smallest absolute Gasteiger partial charge is 0.228 e. The average Bonchev–Trinajstić information content (AvgIpc) is 3.20. The maximum Gasteiger partial charge on any atom is 0.228 e. The van der Waals surface area contributed by atoms with Crippen LogP contribution in [0.3, 0.4) is 0 Å². The molecule has 4 rings (SSSR count). The summed E-state index contributed by atoms with van der Waals surface area (Å²) in [5, 5.41) is 3.15. The summed E-state index contributed by atoms with van der Waals surface area (Å²) in [4.78, 5) is 28.3. The molecule has 7 nitrogen and oxygen atoms in total. The number of aryl methyl sites for hydroxylation is 1. The molecule has 0 saturated carbocycles. The molecular formula is C20H25N5O2. The van der Waals surface area contributed by atoms with Crippen LogP contribution in [0.5, 0.6) is 0 Å². The van der Waals surface area contributed by atoms with Crippen LogP contribution in [0, 0.1) is 12.8 Å². The van der Waals surface area contributed by atoms with E-state index < -0.39 is 0 Å². The summed E-state index contributed by atoms with van der Waals surface area (Å²) in [5.41, 5.74) is 1.99. The molecule has 27 heavy (non-hydrogen) atoms. The van der Waals surface area contributed by atoms with Gasteiger partial charge in [-0.1, -0.05) is 6.07 Å². The second-order valence-corrected chi connectivity index (χ2v) is 7.23. The minimum Gasteiger partial charge on any atom is -0.381 e. The third kappa shape index (κ3) is 4.08. The molecule has 0 aliphatic carbocycles. The summed E-state index contributed by atoms with van der Waals surface area (Å²) in [5.74, 6) is 1.54. The minimum absolute atomic E-state index is 0.0230. The highest BCUT2D eigenvalue weighted by Gasteiger charge is 2.35. The second kappa shape index (κ2) is 8.00. The molecule has 2 saturated heterocycles. The van der Waals surface area contributed by atoms with Crippen LogP contribution < -0.4 is 5.32 Å². The Labute approximate surface area is 159 Å². The summed E-state index contributed by atoms with van der Waals surface area (Å²) in [6.07, 6.45) is 7.13. The molecule has 142 valence electrons. The number of amides is 1. The first-order chi connectivity index (χ1) is 13.2. The highest BCUT2D eigenvalue weighted by Crippen LogP contribution is 2.33. The molecule has 2 aromatic rings. The number of rotatable bonds is 4. The Morgan fingerprint density at radius 1 is 1.19 bits per heavy atom. The van der Waals surface area contributed by atoms with Crippen LogP contribution in [0.25, 0.3) is 0 Å². The predicted molar refractivity (Wildman–Crippen MR) is 102 cm³/mol. The maximum atomic E-state index is 13.0. The van der Waals surface area contributed by atoms with Crippen molar-refractivity contribution in [3.05, 3.63) is 41.9 Å². The predicted octanol–water partition coefficient (Wildman–Crippen LogP) is 3.01. The third-order valence-electron chi connectivity index (χ3n) is 5.28. The van der Waals surface area contributed by atoms with Crippen LogP contribution in [0.2, 0.25) is 0 Å². The van der Waals surface area contributed by atoms with Crippen LogP contribution in [0.4, 0.5) is 11.8 Å². The molecule has 1 N–H and O–H groups in total. The van der Waals surface area contributed by atoms with Gasteiger partial charge in [-0.05, 0) is 50.3 Å². The average molecular weight is 367 g/mol. The van der Waals surface area contributed by atoms with Crippen molar-refractivity contribution >= 4 is 17.7 Å². The van der Waals surface area contributed by atoms with Crippen LogP contribution in [-0.4, -0.2) is 45.5 Å². The second-order valence-electron chi connectivity index (χ2n) is 7.23. The van der Waals surface area contributed by atoms with Gasteiger partial charge >= 0.3 is 0 Å². The molecule has 0 aromatic carbocycles. The molecule has 0 bridgehead atoms. The lowest BCUT2D eigenvalue weighted by atomic mass is 9.98. The number of likely N-dealkylation sites (tertiary alicyclic amines) is 1. The normalized spacial score (nSPS) is 20.6. The molecule has 2 aromatic heterocycles. The topological polar surface area (TPSA) is 80.2 Å². The van der Waals surface area contributed by atoms with E-state index in [9.17, 15) is 4.79 Å². The van der Waals surface area contributed by atoms with Gasteiger partial charge in [0.2, 0.25) is 11.9 Å². The van der Waals surface area contributed by atoms with Gasteiger partial charge in [0.15, 0.2) is 0 Å². The van der Waals surface area contributed by atoms with Crippen LogP contribution in [0.15, 0.2) is 30.6 Å². The Hall–Kier alpha value is -2.54. The van der Waals surface area contributed by atoms with E-state index in [-0.39, 0.29) is 17.9 Å². The lowest BCUT2D eigenvalue weighted by Gasteiger charge is -2.30. The van der Waals surface area contributed by atoms with E-state index in [1.54, 1.807) is 12.4 Å². The quantitative estimate of drug-likeness (QED) is 0.895. The monoisotopic (exact) mass is 367 g/mol. The lowest BCUT2D eigenvalue weighted by Crippen LogP contribution is -2.38. The summed E-state index contributed by atoms with van der Waals surface area (Å²) < 4.78 is 5.40. The first-order valence-corrected chi connectivity index (χ1v) is 9.61. The number of nitrogens with one attached hydrogen (secondary N) is 1. The van der Waals surface area contributed by atoms with Gasteiger partial charge in [-0.3, -0.25) is 4.79 Å². The number of hydrogen-bond acceptors (Lipinski definition) is 6. The molecule has 7 heteroatoms. The molecular weight excluding hydrogens is 342 g/mol. The summed E-state index contributed by atoms with van der Waals surface area (Å²) >= 11 is 0. The van der Waals surface area contributed by atoms with Gasteiger partial charge in [0.05, 0.1) is 11.7 Å². The lowest BCUT2D eigenvalue weighted by molar-refractivity contribution is -0.139. The fourth-order valence-corrected chi connectivity index (χ4v) is 3.79. The van der Waals surface area contributed by atoms with Crippen molar-refractivity contribution in [1.29, 1.82) is 0 Å². The van der Waals surface area contributed by atoms with E-state index in [1.807, 2.05) is 30.0 Å². The fourth-order valence-electron chi connectivity index (χ4n) is 3.79.